The Balaban J connectivity index is 2.14. The van der Waals surface area contributed by atoms with Crippen molar-refractivity contribution >= 4 is 21.4 Å². The van der Waals surface area contributed by atoms with Gasteiger partial charge in [-0.2, -0.15) is 0 Å². The standard InChI is InChI=1S/C9H13NO3S2/c1-6-4-8(6)10-15(12,13)9-3-2-7(5-11)14-9/h2-3,6,8,10-11H,4-5H2,1H3. The minimum Gasteiger partial charge on any atom is -0.391 e. The van der Waals surface area contributed by atoms with Crippen molar-refractivity contribution in [2.45, 2.75) is 30.2 Å². The molecule has 84 valence electrons. The molecule has 4 nitrogen and oxygen atoms in total. The van der Waals surface area contributed by atoms with E-state index >= 15 is 0 Å². The van der Waals surface area contributed by atoms with Gasteiger partial charge >= 0.3 is 0 Å². The molecule has 6 heteroatoms. The van der Waals surface area contributed by atoms with Crippen LogP contribution in [0.4, 0.5) is 0 Å². The summed E-state index contributed by atoms with van der Waals surface area (Å²) >= 11 is 1.11. The molecule has 0 radical (unpaired) electrons. The fourth-order valence-corrected chi connectivity index (χ4v) is 3.92. The highest BCUT2D eigenvalue weighted by molar-refractivity contribution is 7.91. The quantitative estimate of drug-likeness (QED) is 0.831. The summed E-state index contributed by atoms with van der Waals surface area (Å²) in [6.45, 7) is 1.90. The lowest BCUT2D eigenvalue weighted by Gasteiger charge is -2.02. The summed E-state index contributed by atoms with van der Waals surface area (Å²) in [5.41, 5.74) is 0. The lowest BCUT2D eigenvalue weighted by molar-refractivity contribution is 0.285. The number of sulfonamides is 1. The summed E-state index contributed by atoms with van der Waals surface area (Å²) in [6, 6.07) is 3.26. The van der Waals surface area contributed by atoms with Crippen molar-refractivity contribution < 1.29 is 13.5 Å². The van der Waals surface area contributed by atoms with E-state index in [9.17, 15) is 8.42 Å². The molecule has 2 rings (SSSR count). The Morgan fingerprint density at radius 2 is 2.27 bits per heavy atom. The molecular weight excluding hydrogens is 234 g/mol. The first kappa shape index (κ1) is 11.1. The minimum atomic E-state index is -3.36. The highest BCUT2D eigenvalue weighted by Gasteiger charge is 2.36. The molecule has 1 heterocycles. The maximum Gasteiger partial charge on any atom is 0.250 e. The van der Waals surface area contributed by atoms with Gasteiger partial charge in [0.05, 0.1) is 6.61 Å². The van der Waals surface area contributed by atoms with Crippen LogP contribution in [-0.4, -0.2) is 19.6 Å². The van der Waals surface area contributed by atoms with E-state index in [4.69, 9.17) is 5.11 Å². The predicted octanol–water partition coefficient (Wildman–Crippen LogP) is 0.927. The summed E-state index contributed by atoms with van der Waals surface area (Å²) < 4.78 is 26.5. The van der Waals surface area contributed by atoms with Crippen LogP contribution in [0.2, 0.25) is 0 Å². The van der Waals surface area contributed by atoms with E-state index in [1.165, 1.54) is 6.07 Å². The minimum absolute atomic E-state index is 0.0923. The zero-order chi connectivity index (χ0) is 11.1. The Bertz CT molecular complexity index is 452. The fraction of sp³-hybridized carbons (Fsp3) is 0.556. The summed E-state index contributed by atoms with van der Waals surface area (Å²) in [6.07, 6.45) is 0.914. The number of hydrogen-bond donors (Lipinski definition) is 2. The van der Waals surface area contributed by atoms with Gasteiger partial charge in [0, 0.05) is 10.9 Å². The van der Waals surface area contributed by atoms with E-state index in [1.54, 1.807) is 6.07 Å². The Kier molecular flexibility index (Phi) is 2.85. The summed E-state index contributed by atoms with van der Waals surface area (Å²) in [7, 11) is -3.36. The molecule has 0 aliphatic heterocycles. The van der Waals surface area contributed by atoms with E-state index in [2.05, 4.69) is 4.72 Å². The summed E-state index contributed by atoms with van der Waals surface area (Å²) in [5, 5.41) is 8.85. The number of nitrogens with one attached hydrogen (secondary N) is 1. The molecule has 1 aliphatic carbocycles. The summed E-state index contributed by atoms with van der Waals surface area (Å²) in [5.74, 6) is 0.442. The third-order valence-electron chi connectivity index (χ3n) is 2.47. The van der Waals surface area contributed by atoms with Crippen LogP contribution in [0, 0.1) is 5.92 Å². The second-order valence-electron chi connectivity index (χ2n) is 3.82. The smallest absolute Gasteiger partial charge is 0.250 e. The largest absolute Gasteiger partial charge is 0.391 e. The van der Waals surface area contributed by atoms with Crippen LogP contribution in [0.15, 0.2) is 16.3 Å². The van der Waals surface area contributed by atoms with E-state index in [1.807, 2.05) is 6.92 Å². The van der Waals surface area contributed by atoms with Crippen LogP contribution in [0.5, 0.6) is 0 Å². The molecule has 2 atom stereocenters. The van der Waals surface area contributed by atoms with Crippen LogP contribution in [0.3, 0.4) is 0 Å². The second-order valence-corrected chi connectivity index (χ2v) is 6.93. The van der Waals surface area contributed by atoms with Gasteiger partial charge in [0.25, 0.3) is 0 Å². The van der Waals surface area contributed by atoms with Crippen LogP contribution in [-0.2, 0) is 16.6 Å². The number of aliphatic hydroxyl groups excluding tert-OH is 1. The SMILES string of the molecule is CC1CC1NS(=O)(=O)c1ccc(CO)s1. The fourth-order valence-electron chi connectivity index (χ4n) is 1.33. The predicted molar refractivity (Wildman–Crippen MR) is 58.1 cm³/mol. The van der Waals surface area contributed by atoms with Gasteiger partial charge in [0.15, 0.2) is 0 Å². The van der Waals surface area contributed by atoms with E-state index in [0.717, 1.165) is 17.8 Å². The molecule has 0 saturated heterocycles. The van der Waals surface area contributed by atoms with Gasteiger partial charge in [-0.3, -0.25) is 0 Å². The van der Waals surface area contributed by atoms with E-state index < -0.39 is 10.0 Å². The van der Waals surface area contributed by atoms with E-state index in [-0.39, 0.29) is 16.9 Å². The van der Waals surface area contributed by atoms with Crippen molar-refractivity contribution in [1.82, 2.24) is 4.72 Å². The van der Waals surface area contributed by atoms with Crippen LogP contribution < -0.4 is 4.72 Å². The molecule has 2 N–H and O–H groups in total. The average molecular weight is 247 g/mol. The lowest BCUT2D eigenvalue weighted by atomic mass is 10.5. The van der Waals surface area contributed by atoms with Crippen molar-refractivity contribution in [3.05, 3.63) is 17.0 Å². The van der Waals surface area contributed by atoms with Crippen molar-refractivity contribution in [3.8, 4) is 0 Å². The first-order valence-corrected chi connectivity index (χ1v) is 7.05. The molecule has 0 bridgehead atoms. The van der Waals surface area contributed by atoms with Crippen LogP contribution in [0.25, 0.3) is 0 Å². The monoisotopic (exact) mass is 247 g/mol. The van der Waals surface area contributed by atoms with Crippen LogP contribution in [0.1, 0.15) is 18.2 Å². The molecule has 0 aromatic carbocycles. The molecule has 15 heavy (non-hydrogen) atoms. The molecular formula is C9H13NO3S2. The maximum absolute atomic E-state index is 11.8. The van der Waals surface area contributed by atoms with Gasteiger partial charge in [-0.25, -0.2) is 13.1 Å². The van der Waals surface area contributed by atoms with Gasteiger partial charge in [0.2, 0.25) is 10.0 Å². The average Bonchev–Trinajstić information content (AvgIpc) is 2.72. The lowest BCUT2D eigenvalue weighted by Crippen LogP contribution is -2.26. The van der Waals surface area contributed by atoms with Gasteiger partial charge in [-0.15, -0.1) is 11.3 Å². The molecule has 1 saturated carbocycles. The Labute approximate surface area is 93.0 Å². The normalized spacial score (nSPS) is 25.5. The number of aliphatic hydroxyl groups is 1. The molecule has 1 fully saturated rings. The molecule has 0 spiro atoms. The van der Waals surface area contributed by atoms with Crippen molar-refractivity contribution in [2.75, 3.05) is 0 Å². The van der Waals surface area contributed by atoms with Gasteiger partial charge < -0.3 is 5.11 Å². The Morgan fingerprint density at radius 1 is 1.60 bits per heavy atom. The zero-order valence-corrected chi connectivity index (χ0v) is 9.94. The second kappa shape index (κ2) is 3.86. The maximum atomic E-state index is 11.8. The van der Waals surface area contributed by atoms with E-state index in [0.29, 0.717) is 10.8 Å². The molecule has 0 amide bonds. The topological polar surface area (TPSA) is 66.4 Å². The van der Waals surface area contributed by atoms with Crippen molar-refractivity contribution in [1.29, 1.82) is 0 Å². The Hall–Kier alpha value is -0.430. The first-order valence-electron chi connectivity index (χ1n) is 4.75. The number of rotatable bonds is 4. The molecule has 1 aromatic heterocycles. The van der Waals surface area contributed by atoms with Crippen molar-refractivity contribution in [3.63, 3.8) is 0 Å². The zero-order valence-electron chi connectivity index (χ0n) is 8.30. The van der Waals surface area contributed by atoms with Gasteiger partial charge in [-0.1, -0.05) is 6.92 Å². The van der Waals surface area contributed by atoms with Crippen molar-refractivity contribution in [2.24, 2.45) is 5.92 Å². The molecule has 2 unspecified atom stereocenters. The summed E-state index contributed by atoms with van der Waals surface area (Å²) in [4.78, 5) is 0.666. The highest BCUT2D eigenvalue weighted by atomic mass is 32.2. The number of thiophene rings is 1. The first-order chi connectivity index (χ1) is 7.03. The third-order valence-corrected chi connectivity index (χ3v) is 5.53. The molecule has 1 aliphatic rings. The van der Waals surface area contributed by atoms with Gasteiger partial charge in [0.1, 0.15) is 4.21 Å². The molecule has 1 aromatic rings. The number of hydrogen-bond acceptors (Lipinski definition) is 4. The Morgan fingerprint density at radius 3 is 2.73 bits per heavy atom. The highest BCUT2D eigenvalue weighted by Crippen LogP contribution is 2.31. The van der Waals surface area contributed by atoms with Gasteiger partial charge in [-0.05, 0) is 24.5 Å². The van der Waals surface area contributed by atoms with Crippen LogP contribution >= 0.6 is 11.3 Å². The third kappa shape index (κ3) is 2.39.